The van der Waals surface area contributed by atoms with Crippen LogP contribution in [0, 0.1) is 0 Å². The highest BCUT2D eigenvalue weighted by Gasteiger charge is 2.44. The number of alkyl carbamates (subject to hydrolysis) is 1. The molecule has 0 saturated heterocycles. The van der Waals surface area contributed by atoms with E-state index in [9.17, 15) is 19.8 Å². The van der Waals surface area contributed by atoms with Crippen LogP contribution in [0.25, 0.3) is 11.1 Å². The Labute approximate surface area is 180 Å². The number of ether oxygens (including phenoxy) is 1. The summed E-state index contributed by atoms with van der Waals surface area (Å²) in [7, 11) is 0. The smallest absolute Gasteiger partial charge is 0.407 e. The van der Waals surface area contributed by atoms with E-state index in [4.69, 9.17) is 4.74 Å². The van der Waals surface area contributed by atoms with Crippen LogP contribution >= 0.6 is 0 Å². The number of hydrogen-bond donors (Lipinski definition) is 3. The number of carbonyl (C=O) groups excluding carboxylic acids is 1. The Bertz CT molecular complexity index is 1130. The molecule has 158 valence electrons. The van der Waals surface area contributed by atoms with Crippen LogP contribution in [-0.2, 0) is 28.2 Å². The Hall–Kier alpha value is -3.64. The summed E-state index contributed by atoms with van der Waals surface area (Å²) in [5, 5.41) is 22.9. The van der Waals surface area contributed by atoms with Crippen molar-refractivity contribution in [2.45, 2.75) is 31.6 Å². The molecule has 0 aromatic heterocycles. The van der Waals surface area contributed by atoms with Crippen molar-refractivity contribution in [1.29, 1.82) is 0 Å². The third-order valence-electron chi connectivity index (χ3n) is 5.81. The fourth-order valence-corrected chi connectivity index (χ4v) is 4.08. The number of benzene rings is 3. The Morgan fingerprint density at radius 1 is 1.00 bits per heavy atom. The molecule has 0 fully saturated rings. The van der Waals surface area contributed by atoms with Gasteiger partial charge in [-0.1, -0.05) is 72.8 Å². The molecule has 0 radical (unpaired) electrons. The summed E-state index contributed by atoms with van der Waals surface area (Å²) >= 11 is 0. The van der Waals surface area contributed by atoms with E-state index in [1.54, 1.807) is 18.2 Å². The average Bonchev–Trinajstić information content (AvgIpc) is 3.17. The van der Waals surface area contributed by atoms with Gasteiger partial charge in [0.25, 0.3) is 0 Å². The lowest BCUT2D eigenvalue weighted by Gasteiger charge is -2.30. The predicted molar refractivity (Wildman–Crippen MR) is 115 cm³/mol. The minimum atomic E-state index is -2.28. The lowest BCUT2D eigenvalue weighted by molar-refractivity contribution is -0.162. The lowest BCUT2D eigenvalue weighted by Crippen LogP contribution is -2.53. The molecule has 0 saturated carbocycles. The maximum Gasteiger partial charge on any atom is 0.407 e. The van der Waals surface area contributed by atoms with Gasteiger partial charge >= 0.3 is 12.1 Å². The van der Waals surface area contributed by atoms with Crippen LogP contribution in [0.15, 0.2) is 72.8 Å². The van der Waals surface area contributed by atoms with Crippen molar-refractivity contribution in [3.05, 3.63) is 95.1 Å². The normalized spacial score (nSPS) is 14.6. The average molecular weight is 417 g/mol. The first-order valence-corrected chi connectivity index (χ1v) is 10.0. The second-order valence-electron chi connectivity index (χ2n) is 7.66. The molecule has 1 aliphatic carbocycles. The number of fused-ring (bicyclic) bond motifs is 3. The molecule has 0 aliphatic heterocycles. The van der Waals surface area contributed by atoms with Crippen LogP contribution in [0.3, 0.4) is 0 Å². The molecule has 2 atom stereocenters. The van der Waals surface area contributed by atoms with Crippen molar-refractivity contribution >= 4 is 12.1 Å². The van der Waals surface area contributed by atoms with Gasteiger partial charge in [0.15, 0.2) is 0 Å². The van der Waals surface area contributed by atoms with Crippen molar-refractivity contribution in [3.63, 3.8) is 0 Å². The maximum absolute atomic E-state index is 12.4. The zero-order chi connectivity index (χ0) is 22.0. The van der Waals surface area contributed by atoms with E-state index in [1.165, 1.54) is 30.2 Å². The number of rotatable bonds is 6. The van der Waals surface area contributed by atoms with Crippen LogP contribution in [0.1, 0.15) is 29.2 Å². The van der Waals surface area contributed by atoms with Gasteiger partial charge in [0.2, 0.25) is 5.60 Å². The van der Waals surface area contributed by atoms with E-state index >= 15 is 0 Å². The zero-order valence-corrected chi connectivity index (χ0v) is 17.0. The third-order valence-corrected chi connectivity index (χ3v) is 5.81. The highest BCUT2D eigenvalue weighted by Crippen LogP contribution is 2.38. The minimum Gasteiger partial charge on any atom is -0.479 e. The number of aliphatic carboxylic acids is 1. The van der Waals surface area contributed by atoms with Crippen molar-refractivity contribution in [2.75, 3.05) is 0 Å². The number of hydrogen-bond acceptors (Lipinski definition) is 4. The van der Waals surface area contributed by atoms with Gasteiger partial charge in [-0.15, -0.1) is 0 Å². The molecule has 3 N–H and O–H groups in total. The highest BCUT2D eigenvalue weighted by molar-refractivity contribution is 5.81. The summed E-state index contributed by atoms with van der Waals surface area (Å²) < 4.78 is 5.38. The van der Waals surface area contributed by atoms with Crippen LogP contribution in [0.2, 0.25) is 0 Å². The molecule has 0 bridgehead atoms. The lowest BCUT2D eigenvalue weighted by atomic mass is 9.87. The maximum atomic E-state index is 12.4. The fourth-order valence-electron chi connectivity index (χ4n) is 4.08. The van der Waals surface area contributed by atoms with Crippen molar-refractivity contribution in [1.82, 2.24) is 5.32 Å². The summed E-state index contributed by atoms with van der Waals surface area (Å²) in [6, 6.07) is 20.9. The summed E-state index contributed by atoms with van der Waals surface area (Å²) in [4.78, 5) is 24.2. The van der Waals surface area contributed by atoms with E-state index < -0.39 is 23.7 Å². The van der Waals surface area contributed by atoms with Gasteiger partial charge in [-0.05, 0) is 46.7 Å². The first-order valence-electron chi connectivity index (χ1n) is 10.0. The number of amides is 1. The molecule has 6 nitrogen and oxygen atoms in total. The Balaban J connectivity index is 1.45. The molecule has 3 aromatic rings. The van der Waals surface area contributed by atoms with Gasteiger partial charge in [-0.3, -0.25) is 0 Å². The first kappa shape index (κ1) is 20.6. The van der Waals surface area contributed by atoms with Gasteiger partial charge in [0.1, 0.15) is 6.61 Å². The molecule has 6 heteroatoms. The first-order chi connectivity index (χ1) is 14.9. The largest absolute Gasteiger partial charge is 0.479 e. The third kappa shape index (κ3) is 3.78. The fraction of sp³-hybridized carbons (Fsp3) is 0.200. The van der Waals surface area contributed by atoms with E-state index in [0.717, 1.165) is 23.1 Å². The Kier molecular flexibility index (Phi) is 5.48. The van der Waals surface area contributed by atoms with Crippen molar-refractivity contribution in [3.8, 4) is 11.1 Å². The molecule has 31 heavy (non-hydrogen) atoms. The van der Waals surface area contributed by atoms with E-state index in [-0.39, 0.29) is 12.2 Å². The van der Waals surface area contributed by atoms with E-state index in [1.807, 2.05) is 24.3 Å². The Morgan fingerprint density at radius 2 is 1.68 bits per heavy atom. The van der Waals surface area contributed by atoms with Crippen molar-refractivity contribution in [2.24, 2.45) is 0 Å². The molecule has 1 amide bonds. The minimum absolute atomic E-state index is 0.0482. The van der Waals surface area contributed by atoms with Gasteiger partial charge in [0, 0.05) is 0 Å². The van der Waals surface area contributed by atoms with Crippen molar-refractivity contribution < 1.29 is 24.5 Å². The molecule has 2 unspecified atom stereocenters. The molecule has 4 rings (SSSR count). The number of aliphatic hydroxyl groups is 1. The van der Waals surface area contributed by atoms with Crippen LogP contribution in [0.5, 0.6) is 0 Å². The summed E-state index contributed by atoms with van der Waals surface area (Å²) in [6.45, 7) is 1.48. The van der Waals surface area contributed by atoms with Crippen LogP contribution in [-0.4, -0.2) is 28.3 Å². The molecule has 0 heterocycles. The number of carboxylic acids is 1. The molecule has 3 aromatic carbocycles. The second kappa shape index (κ2) is 8.24. The van der Waals surface area contributed by atoms with Crippen LogP contribution < -0.4 is 5.32 Å². The molecular formula is C25H23NO5. The monoisotopic (exact) mass is 417 g/mol. The van der Waals surface area contributed by atoms with Crippen LogP contribution in [0.4, 0.5) is 4.79 Å². The zero-order valence-electron chi connectivity index (χ0n) is 17.0. The standard InChI is InChI=1S/C25H23NO5/c1-16(25(30,23(27)28)19-10-3-2-4-11-19)26-24(29)31-15-18-9-7-13-21-20-12-6-5-8-17(20)14-22(18)21/h2-13,16,30H,14-15H2,1H3,(H,26,29)(H,27,28). The highest BCUT2D eigenvalue weighted by atomic mass is 16.5. The molecule has 1 aliphatic rings. The van der Waals surface area contributed by atoms with Gasteiger partial charge in [-0.2, -0.15) is 0 Å². The second-order valence-corrected chi connectivity index (χ2v) is 7.66. The summed E-state index contributed by atoms with van der Waals surface area (Å²) in [6.07, 6.45) is -0.0215. The SMILES string of the molecule is CC(NC(=O)OCc1cccc2c1Cc1ccccc1-2)C(O)(C(=O)O)c1ccccc1. The summed E-state index contributed by atoms with van der Waals surface area (Å²) in [5.74, 6) is -1.45. The Morgan fingerprint density at radius 3 is 2.42 bits per heavy atom. The number of carbonyl (C=O) groups is 2. The number of nitrogens with one attached hydrogen (secondary N) is 1. The van der Waals surface area contributed by atoms with Gasteiger partial charge < -0.3 is 20.3 Å². The predicted octanol–water partition coefficient (Wildman–Crippen LogP) is 3.84. The molecule has 0 spiro atoms. The quantitative estimate of drug-likeness (QED) is 0.443. The summed E-state index contributed by atoms with van der Waals surface area (Å²) in [5.41, 5.74) is 3.47. The topological polar surface area (TPSA) is 95.9 Å². The number of carboxylic acid groups (broad SMARTS) is 1. The van der Waals surface area contributed by atoms with Gasteiger partial charge in [0.05, 0.1) is 6.04 Å². The van der Waals surface area contributed by atoms with E-state index in [2.05, 4.69) is 23.5 Å². The van der Waals surface area contributed by atoms with E-state index in [0.29, 0.717) is 0 Å². The van der Waals surface area contributed by atoms with Gasteiger partial charge in [-0.25, -0.2) is 9.59 Å². The molecular weight excluding hydrogens is 394 g/mol.